The summed E-state index contributed by atoms with van der Waals surface area (Å²) in [6.45, 7) is 2.20. The molecule has 8 heteroatoms. The second-order valence-electron chi connectivity index (χ2n) is 8.49. The van der Waals surface area contributed by atoms with Crippen molar-refractivity contribution in [2.45, 2.75) is 18.8 Å². The molecule has 0 aliphatic carbocycles. The summed E-state index contributed by atoms with van der Waals surface area (Å²) in [5.41, 5.74) is 7.07. The lowest BCUT2D eigenvalue weighted by Gasteiger charge is -2.28. The molecule has 156 valence electrons. The van der Waals surface area contributed by atoms with Crippen LogP contribution in [0.15, 0.2) is 42.9 Å². The van der Waals surface area contributed by atoms with Gasteiger partial charge in [0, 0.05) is 36.3 Å². The molecule has 8 nitrogen and oxygen atoms in total. The van der Waals surface area contributed by atoms with Crippen molar-refractivity contribution in [1.82, 2.24) is 39.8 Å². The number of aromatic amines is 2. The second kappa shape index (κ2) is 7.02. The van der Waals surface area contributed by atoms with Gasteiger partial charge in [-0.2, -0.15) is 10.2 Å². The van der Waals surface area contributed by atoms with Gasteiger partial charge >= 0.3 is 0 Å². The molecule has 1 aromatic carbocycles. The van der Waals surface area contributed by atoms with Gasteiger partial charge in [-0.05, 0) is 56.7 Å². The number of piperidine rings is 1. The van der Waals surface area contributed by atoms with E-state index in [0.29, 0.717) is 5.92 Å². The number of aromatic nitrogens is 7. The van der Waals surface area contributed by atoms with Crippen molar-refractivity contribution in [3.05, 3.63) is 48.5 Å². The van der Waals surface area contributed by atoms with Gasteiger partial charge in [-0.25, -0.2) is 4.98 Å². The van der Waals surface area contributed by atoms with Gasteiger partial charge in [0.15, 0.2) is 5.82 Å². The number of rotatable bonds is 3. The topological polar surface area (TPSA) is 91.3 Å². The van der Waals surface area contributed by atoms with Gasteiger partial charge in [-0.15, -0.1) is 0 Å². The minimum Gasteiger partial charge on any atom is -0.336 e. The molecule has 0 radical (unpaired) electrons. The Hall–Kier alpha value is -3.52. The number of benzene rings is 1. The average molecular weight is 413 g/mol. The monoisotopic (exact) mass is 412 g/mol. The summed E-state index contributed by atoms with van der Waals surface area (Å²) < 4.78 is 1.81. The van der Waals surface area contributed by atoms with Crippen LogP contribution in [-0.2, 0) is 7.05 Å². The van der Waals surface area contributed by atoms with Gasteiger partial charge in [-0.1, -0.05) is 6.07 Å². The molecule has 1 aliphatic rings. The van der Waals surface area contributed by atoms with Crippen LogP contribution in [0.2, 0.25) is 0 Å². The Kier molecular flexibility index (Phi) is 4.14. The smallest absolute Gasteiger partial charge is 0.159 e. The molecular weight excluding hydrogens is 388 g/mol. The largest absolute Gasteiger partial charge is 0.336 e. The third-order valence-electron chi connectivity index (χ3n) is 6.36. The number of fused-ring (bicyclic) bond motifs is 2. The summed E-state index contributed by atoms with van der Waals surface area (Å²) >= 11 is 0. The number of hydrogen-bond donors (Lipinski definition) is 2. The highest BCUT2D eigenvalue weighted by atomic mass is 15.2. The molecule has 0 spiro atoms. The summed E-state index contributed by atoms with van der Waals surface area (Å²) in [6.07, 6.45) is 8.01. The van der Waals surface area contributed by atoms with E-state index in [9.17, 15) is 0 Å². The lowest BCUT2D eigenvalue weighted by molar-refractivity contribution is 0.254. The summed E-state index contributed by atoms with van der Waals surface area (Å²) in [5.74, 6) is 1.22. The van der Waals surface area contributed by atoms with E-state index in [1.54, 1.807) is 0 Å². The molecule has 0 atom stereocenters. The van der Waals surface area contributed by atoms with Gasteiger partial charge < -0.3 is 9.88 Å². The Morgan fingerprint density at radius 1 is 1.03 bits per heavy atom. The number of likely N-dealkylation sites (tertiary alicyclic amines) is 1. The van der Waals surface area contributed by atoms with Crippen LogP contribution in [0.4, 0.5) is 0 Å². The maximum absolute atomic E-state index is 4.98. The van der Waals surface area contributed by atoms with Crippen LogP contribution in [0.1, 0.15) is 24.5 Å². The molecule has 0 amide bonds. The normalized spacial score (nSPS) is 15.9. The predicted molar refractivity (Wildman–Crippen MR) is 121 cm³/mol. The molecule has 0 unspecified atom stereocenters. The fraction of sp³-hybridized carbons (Fsp3) is 0.304. The van der Waals surface area contributed by atoms with E-state index in [1.165, 1.54) is 0 Å². The first-order chi connectivity index (χ1) is 15.2. The summed E-state index contributed by atoms with van der Waals surface area (Å²) in [7, 11) is 4.11. The zero-order valence-electron chi connectivity index (χ0n) is 17.6. The summed E-state index contributed by atoms with van der Waals surface area (Å²) in [6, 6.07) is 8.29. The van der Waals surface area contributed by atoms with Crippen molar-refractivity contribution in [3.8, 4) is 22.6 Å². The molecule has 1 aliphatic heterocycles. The first-order valence-electron chi connectivity index (χ1n) is 10.7. The Morgan fingerprint density at radius 2 is 1.90 bits per heavy atom. The summed E-state index contributed by atoms with van der Waals surface area (Å²) in [4.78, 5) is 15.6. The van der Waals surface area contributed by atoms with Crippen molar-refractivity contribution in [3.63, 3.8) is 0 Å². The van der Waals surface area contributed by atoms with Crippen LogP contribution in [0.5, 0.6) is 0 Å². The number of imidazole rings is 1. The number of nitrogens with one attached hydrogen (secondary N) is 2. The van der Waals surface area contributed by atoms with E-state index >= 15 is 0 Å². The molecule has 0 saturated carbocycles. The fourth-order valence-corrected chi connectivity index (χ4v) is 4.59. The predicted octanol–water partition coefficient (Wildman–Crippen LogP) is 3.71. The van der Waals surface area contributed by atoms with Crippen LogP contribution >= 0.6 is 0 Å². The molecule has 31 heavy (non-hydrogen) atoms. The molecule has 6 rings (SSSR count). The first-order valence-corrected chi connectivity index (χ1v) is 10.7. The second-order valence-corrected chi connectivity index (χ2v) is 8.49. The molecule has 5 heterocycles. The Bertz CT molecular complexity index is 1380. The lowest BCUT2D eigenvalue weighted by atomic mass is 9.92. The number of nitrogens with zero attached hydrogens (tertiary/aromatic N) is 6. The van der Waals surface area contributed by atoms with Crippen molar-refractivity contribution in [2.75, 3.05) is 20.1 Å². The van der Waals surface area contributed by atoms with Crippen LogP contribution in [0, 0.1) is 0 Å². The third kappa shape index (κ3) is 3.11. The van der Waals surface area contributed by atoms with Gasteiger partial charge in [0.1, 0.15) is 11.2 Å². The SMILES string of the molecule is CN1CCC(c2nccc3[nH]c(-c4n[nH]c5ccc(-c6cnn(C)c6)cc45)nc23)CC1. The Labute approximate surface area is 179 Å². The third-order valence-corrected chi connectivity index (χ3v) is 6.36. The van der Waals surface area contributed by atoms with Gasteiger partial charge in [0.05, 0.1) is 22.9 Å². The highest BCUT2D eigenvalue weighted by molar-refractivity contribution is 5.95. The Balaban J connectivity index is 1.44. The molecule has 1 fully saturated rings. The van der Waals surface area contributed by atoms with E-state index in [4.69, 9.17) is 9.97 Å². The van der Waals surface area contributed by atoms with Crippen molar-refractivity contribution < 1.29 is 0 Å². The van der Waals surface area contributed by atoms with Crippen molar-refractivity contribution in [1.29, 1.82) is 0 Å². The zero-order valence-corrected chi connectivity index (χ0v) is 17.6. The fourth-order valence-electron chi connectivity index (χ4n) is 4.59. The highest BCUT2D eigenvalue weighted by Gasteiger charge is 2.23. The van der Waals surface area contributed by atoms with Gasteiger partial charge in [-0.3, -0.25) is 14.8 Å². The quantitative estimate of drug-likeness (QED) is 0.471. The number of hydrogen-bond acceptors (Lipinski definition) is 5. The minimum absolute atomic E-state index is 0.448. The molecule has 0 bridgehead atoms. The average Bonchev–Trinajstić information content (AvgIpc) is 3.51. The minimum atomic E-state index is 0.448. The molecule has 1 saturated heterocycles. The van der Waals surface area contributed by atoms with Crippen LogP contribution < -0.4 is 0 Å². The standard InChI is InChI=1S/C23H24N8/c1-30-9-6-14(7-10-30)20-22-19(5-8-24-20)26-23(27-22)21-17-11-15(3-4-18(17)28-29-21)16-12-25-31(2)13-16/h3-5,8,11-14H,6-7,9-10H2,1-2H3,(H,26,27)(H,28,29). The number of pyridine rings is 1. The van der Waals surface area contributed by atoms with Gasteiger partial charge in [0.2, 0.25) is 0 Å². The first kappa shape index (κ1) is 18.3. The van der Waals surface area contributed by atoms with Crippen LogP contribution in [0.25, 0.3) is 44.6 Å². The van der Waals surface area contributed by atoms with Gasteiger partial charge in [0.25, 0.3) is 0 Å². The summed E-state index contributed by atoms with van der Waals surface area (Å²) in [5, 5.41) is 13.1. The maximum Gasteiger partial charge on any atom is 0.159 e. The lowest BCUT2D eigenvalue weighted by Crippen LogP contribution is -2.29. The molecule has 4 aromatic heterocycles. The highest BCUT2D eigenvalue weighted by Crippen LogP contribution is 2.33. The van der Waals surface area contributed by atoms with E-state index in [-0.39, 0.29) is 0 Å². The Morgan fingerprint density at radius 3 is 2.71 bits per heavy atom. The molecule has 2 N–H and O–H groups in total. The zero-order chi connectivity index (χ0) is 20.9. The van der Waals surface area contributed by atoms with E-state index in [1.807, 2.05) is 36.4 Å². The van der Waals surface area contributed by atoms with Crippen LogP contribution in [-0.4, -0.2) is 60.0 Å². The molecular formula is C23H24N8. The number of aryl methyl sites for hydroxylation is 1. The van der Waals surface area contributed by atoms with Crippen molar-refractivity contribution in [2.24, 2.45) is 7.05 Å². The van der Waals surface area contributed by atoms with Crippen LogP contribution in [0.3, 0.4) is 0 Å². The van der Waals surface area contributed by atoms with Crippen molar-refractivity contribution >= 4 is 21.9 Å². The number of H-pyrrole nitrogens is 2. The van der Waals surface area contributed by atoms with E-state index in [0.717, 1.165) is 76.2 Å². The molecule has 5 aromatic rings. The maximum atomic E-state index is 4.98. The van der Waals surface area contributed by atoms with E-state index in [2.05, 4.69) is 50.4 Å². The van der Waals surface area contributed by atoms with E-state index < -0.39 is 0 Å².